The van der Waals surface area contributed by atoms with Crippen molar-refractivity contribution in [2.75, 3.05) is 22.1 Å². The fourth-order valence-electron chi connectivity index (χ4n) is 3.57. The summed E-state index contributed by atoms with van der Waals surface area (Å²) in [6, 6.07) is 14.2. The molecule has 2 aromatic carbocycles. The minimum atomic E-state index is -0.282. The minimum Gasteiger partial charge on any atom is -0.326 e. The second-order valence-electron chi connectivity index (χ2n) is 7.51. The van der Waals surface area contributed by atoms with Crippen LogP contribution in [0.3, 0.4) is 0 Å². The summed E-state index contributed by atoms with van der Waals surface area (Å²) in [6.45, 7) is 2.71. The van der Waals surface area contributed by atoms with Crippen LogP contribution in [0.25, 0.3) is 0 Å². The lowest BCUT2D eigenvalue weighted by atomic mass is 10.1. The van der Waals surface area contributed by atoms with Crippen molar-refractivity contribution in [1.82, 2.24) is 0 Å². The standard InChI is InChI=1S/C22H23N3O3/c1-14-12-17(14)22(28)23-16-7-4-6-15(13-16)21(27)24-18-8-2-3-9-19(18)25-11-5-10-20(25)26/h2-4,6-9,13-14,17H,5,10-12H2,1H3,(H,23,28)(H,24,27). The van der Waals surface area contributed by atoms with Crippen LogP contribution in [0.15, 0.2) is 48.5 Å². The quantitative estimate of drug-likeness (QED) is 0.835. The molecule has 1 aliphatic heterocycles. The van der Waals surface area contributed by atoms with E-state index in [1.54, 1.807) is 35.2 Å². The van der Waals surface area contributed by atoms with Crippen molar-refractivity contribution in [2.24, 2.45) is 11.8 Å². The van der Waals surface area contributed by atoms with E-state index in [9.17, 15) is 14.4 Å². The van der Waals surface area contributed by atoms with Gasteiger partial charge in [-0.05, 0) is 49.1 Å². The summed E-state index contributed by atoms with van der Waals surface area (Å²) in [5.74, 6) is 0.289. The fraction of sp³-hybridized carbons (Fsp3) is 0.318. The first kappa shape index (κ1) is 18.2. The molecule has 144 valence electrons. The second kappa shape index (κ2) is 7.46. The fourth-order valence-corrected chi connectivity index (χ4v) is 3.57. The lowest BCUT2D eigenvalue weighted by Gasteiger charge is -2.20. The van der Waals surface area contributed by atoms with Crippen molar-refractivity contribution in [1.29, 1.82) is 0 Å². The van der Waals surface area contributed by atoms with Crippen molar-refractivity contribution in [3.8, 4) is 0 Å². The number of rotatable bonds is 5. The SMILES string of the molecule is CC1CC1C(=O)Nc1cccc(C(=O)Nc2ccccc2N2CCCC2=O)c1. The molecule has 2 atom stereocenters. The van der Waals surface area contributed by atoms with Crippen molar-refractivity contribution in [2.45, 2.75) is 26.2 Å². The highest BCUT2D eigenvalue weighted by Gasteiger charge is 2.39. The van der Waals surface area contributed by atoms with Crippen LogP contribution in [0.5, 0.6) is 0 Å². The molecule has 6 heteroatoms. The molecule has 2 unspecified atom stereocenters. The molecule has 3 amide bonds. The second-order valence-corrected chi connectivity index (χ2v) is 7.51. The number of hydrogen-bond donors (Lipinski definition) is 2. The largest absolute Gasteiger partial charge is 0.326 e. The van der Waals surface area contributed by atoms with Crippen LogP contribution in [0.4, 0.5) is 17.1 Å². The maximum Gasteiger partial charge on any atom is 0.255 e. The Labute approximate surface area is 163 Å². The maximum absolute atomic E-state index is 12.8. The molecule has 6 nitrogen and oxygen atoms in total. The van der Waals surface area contributed by atoms with Gasteiger partial charge in [-0.1, -0.05) is 25.1 Å². The molecular formula is C22H23N3O3. The zero-order chi connectivity index (χ0) is 19.7. The van der Waals surface area contributed by atoms with Gasteiger partial charge in [0.15, 0.2) is 0 Å². The third kappa shape index (κ3) is 3.76. The van der Waals surface area contributed by atoms with Crippen molar-refractivity contribution in [3.05, 3.63) is 54.1 Å². The Morgan fingerprint density at radius 2 is 1.86 bits per heavy atom. The predicted molar refractivity (Wildman–Crippen MR) is 108 cm³/mol. The lowest BCUT2D eigenvalue weighted by molar-refractivity contribution is -0.118. The molecule has 4 rings (SSSR count). The van der Waals surface area contributed by atoms with Crippen molar-refractivity contribution >= 4 is 34.8 Å². The smallest absolute Gasteiger partial charge is 0.255 e. The molecule has 1 aliphatic carbocycles. The summed E-state index contributed by atoms with van der Waals surface area (Å²) in [5.41, 5.74) is 2.37. The van der Waals surface area contributed by atoms with Crippen LogP contribution in [-0.2, 0) is 9.59 Å². The summed E-state index contributed by atoms with van der Waals surface area (Å²) in [4.78, 5) is 38.7. The zero-order valence-corrected chi connectivity index (χ0v) is 15.8. The van der Waals surface area contributed by atoms with Gasteiger partial charge in [0.05, 0.1) is 11.4 Å². The number of nitrogens with one attached hydrogen (secondary N) is 2. The van der Waals surface area contributed by atoms with Crippen LogP contribution >= 0.6 is 0 Å². The van der Waals surface area contributed by atoms with Crippen LogP contribution in [0, 0.1) is 11.8 Å². The molecule has 1 heterocycles. The van der Waals surface area contributed by atoms with Gasteiger partial charge in [-0.3, -0.25) is 14.4 Å². The first-order valence-electron chi connectivity index (χ1n) is 9.64. The van der Waals surface area contributed by atoms with E-state index in [0.717, 1.165) is 12.8 Å². The van der Waals surface area contributed by atoms with Gasteiger partial charge in [-0.2, -0.15) is 0 Å². The molecule has 1 saturated heterocycles. The third-order valence-corrected chi connectivity index (χ3v) is 5.36. The van der Waals surface area contributed by atoms with Gasteiger partial charge in [0.1, 0.15) is 0 Å². The molecule has 0 aromatic heterocycles. The number of para-hydroxylation sites is 2. The van der Waals surface area contributed by atoms with Gasteiger partial charge in [-0.25, -0.2) is 0 Å². The molecule has 1 saturated carbocycles. The third-order valence-electron chi connectivity index (χ3n) is 5.36. The van der Waals surface area contributed by atoms with E-state index in [1.165, 1.54) is 0 Å². The number of carbonyl (C=O) groups excluding carboxylic acids is 3. The first-order chi connectivity index (χ1) is 13.5. The van der Waals surface area contributed by atoms with Crippen LogP contribution in [0.2, 0.25) is 0 Å². The van der Waals surface area contributed by atoms with E-state index >= 15 is 0 Å². The zero-order valence-electron chi connectivity index (χ0n) is 15.8. The van der Waals surface area contributed by atoms with E-state index in [0.29, 0.717) is 41.5 Å². The van der Waals surface area contributed by atoms with Crippen LogP contribution < -0.4 is 15.5 Å². The summed E-state index contributed by atoms with van der Waals surface area (Å²) in [7, 11) is 0. The van der Waals surface area contributed by atoms with E-state index < -0.39 is 0 Å². The molecule has 28 heavy (non-hydrogen) atoms. The van der Waals surface area contributed by atoms with Gasteiger partial charge in [0, 0.05) is 30.1 Å². The van der Waals surface area contributed by atoms with E-state index in [-0.39, 0.29) is 23.6 Å². The van der Waals surface area contributed by atoms with Gasteiger partial charge in [0.25, 0.3) is 5.91 Å². The van der Waals surface area contributed by atoms with Crippen LogP contribution in [-0.4, -0.2) is 24.3 Å². The summed E-state index contributed by atoms with van der Waals surface area (Å²) in [6.07, 6.45) is 2.27. The number of carbonyl (C=O) groups is 3. The molecule has 2 N–H and O–H groups in total. The number of anilines is 3. The Hall–Kier alpha value is -3.15. The Morgan fingerprint density at radius 1 is 1.07 bits per heavy atom. The average molecular weight is 377 g/mol. The lowest BCUT2D eigenvalue weighted by Crippen LogP contribution is -2.25. The van der Waals surface area contributed by atoms with Gasteiger partial charge in [0.2, 0.25) is 11.8 Å². The Kier molecular flexibility index (Phi) is 4.86. The van der Waals surface area contributed by atoms with Gasteiger partial charge < -0.3 is 15.5 Å². The van der Waals surface area contributed by atoms with E-state index in [2.05, 4.69) is 17.6 Å². The van der Waals surface area contributed by atoms with E-state index in [4.69, 9.17) is 0 Å². The highest BCUT2D eigenvalue weighted by molar-refractivity contribution is 6.08. The highest BCUT2D eigenvalue weighted by Crippen LogP contribution is 2.38. The normalized spacial score (nSPS) is 20.8. The van der Waals surface area contributed by atoms with Crippen molar-refractivity contribution in [3.63, 3.8) is 0 Å². The van der Waals surface area contributed by atoms with Gasteiger partial charge >= 0.3 is 0 Å². The molecule has 0 bridgehead atoms. The minimum absolute atomic E-state index is 0.00273. The van der Waals surface area contributed by atoms with E-state index in [1.807, 2.05) is 18.2 Å². The molecule has 0 radical (unpaired) electrons. The topological polar surface area (TPSA) is 78.5 Å². The molecular weight excluding hydrogens is 354 g/mol. The molecule has 2 aromatic rings. The Morgan fingerprint density at radius 3 is 2.57 bits per heavy atom. The number of amides is 3. The molecule has 2 aliphatic rings. The molecule has 2 fully saturated rings. The van der Waals surface area contributed by atoms with Crippen molar-refractivity contribution < 1.29 is 14.4 Å². The summed E-state index contributed by atoms with van der Waals surface area (Å²) < 4.78 is 0. The summed E-state index contributed by atoms with van der Waals surface area (Å²) in [5, 5.41) is 5.78. The van der Waals surface area contributed by atoms with Crippen LogP contribution in [0.1, 0.15) is 36.5 Å². The highest BCUT2D eigenvalue weighted by atomic mass is 16.2. The van der Waals surface area contributed by atoms with Gasteiger partial charge in [-0.15, -0.1) is 0 Å². The monoisotopic (exact) mass is 377 g/mol. The Bertz CT molecular complexity index is 940. The molecule has 0 spiro atoms. The number of hydrogen-bond acceptors (Lipinski definition) is 3. The Balaban J connectivity index is 1.49. The summed E-state index contributed by atoms with van der Waals surface area (Å²) >= 11 is 0. The maximum atomic E-state index is 12.8. The number of benzene rings is 2. The first-order valence-corrected chi connectivity index (χ1v) is 9.64. The average Bonchev–Trinajstić information content (AvgIpc) is 3.28. The predicted octanol–water partition coefficient (Wildman–Crippen LogP) is 3.66. The number of nitrogens with zero attached hydrogens (tertiary/aromatic N) is 1.